The fourth-order valence-electron chi connectivity index (χ4n) is 5.99. The molecule has 9 N–H and O–H groups in total. The van der Waals surface area contributed by atoms with Crippen molar-refractivity contribution in [3.8, 4) is 45.3 Å². The van der Waals surface area contributed by atoms with E-state index in [0.717, 1.165) is 37.5 Å². The van der Waals surface area contributed by atoms with Crippen molar-refractivity contribution >= 4 is 112 Å². The van der Waals surface area contributed by atoms with Gasteiger partial charge in [0.05, 0.1) is 57.9 Å². The minimum atomic E-state index is -5.85. The second kappa shape index (κ2) is 40.2. The van der Waals surface area contributed by atoms with Crippen LogP contribution in [-0.4, -0.2) is 132 Å². The van der Waals surface area contributed by atoms with Gasteiger partial charge in [0.1, 0.15) is 17.2 Å². The van der Waals surface area contributed by atoms with Crippen LogP contribution in [0.15, 0.2) is 161 Å². The third kappa shape index (κ3) is 29.2. The van der Waals surface area contributed by atoms with Gasteiger partial charge < -0.3 is 54.0 Å². The zero-order valence-corrected chi connectivity index (χ0v) is 51.4. The Bertz CT molecular complexity index is 3510. The summed E-state index contributed by atoms with van der Waals surface area (Å²) in [5, 5.41) is 60.9. The van der Waals surface area contributed by atoms with E-state index in [4.69, 9.17) is 71.2 Å². The molecule has 0 atom stereocenters. The van der Waals surface area contributed by atoms with Crippen molar-refractivity contribution in [3.05, 3.63) is 194 Å². The van der Waals surface area contributed by atoms with Gasteiger partial charge in [0, 0.05) is 18.2 Å². The number of hydrogen-bond acceptors (Lipinski definition) is 18. The van der Waals surface area contributed by atoms with Gasteiger partial charge in [-0.15, -0.1) is 23.2 Å². The van der Waals surface area contributed by atoms with Gasteiger partial charge in [0.2, 0.25) is 0 Å². The summed E-state index contributed by atoms with van der Waals surface area (Å²) < 4.78 is 111. The molecule has 0 aliphatic heterocycles. The fraction of sp³-hybridized carbons (Fsp3) is 0.164. The Morgan fingerprint density at radius 3 is 1.21 bits per heavy atom. The zero-order chi connectivity index (χ0) is 65.4. The van der Waals surface area contributed by atoms with Crippen LogP contribution in [0.25, 0.3) is 22.3 Å². The lowest BCUT2D eigenvalue weighted by atomic mass is 9.81. The molecule has 0 aliphatic carbocycles. The number of carbonyl (C=O) groups is 4. The SMILES string of the molecule is C.CO.COC(=O)c1ccc(O)c(-c2ccccc2C)c1.COC(=O)c1ccc(O)c(Br)c1.COC(=O)c1ccc(OS(=O)(=O)C(F)(F)F)c(-c2ccccc2C)c1.ClCCl.O=C(O)c1ccc(O)c(Br)c1.O=S(=O)(O)O.OB(O)c1ccccc1. The highest BCUT2D eigenvalue weighted by molar-refractivity contribution is 9.11. The van der Waals surface area contributed by atoms with Gasteiger partial charge in [0.15, 0.2) is 5.75 Å². The molecule has 7 rings (SSSR count). The number of halogens is 7. The number of phenols is 3. The molecule has 0 unspecified atom stereocenters. The molecule has 7 aromatic rings. The third-order valence-electron chi connectivity index (χ3n) is 9.83. The highest BCUT2D eigenvalue weighted by atomic mass is 79.9. The molecule has 468 valence electrons. The Hall–Kier alpha value is -7.29. The summed E-state index contributed by atoms with van der Waals surface area (Å²) in [6.07, 6.45) is 0. The highest BCUT2D eigenvalue weighted by Crippen LogP contribution is 2.37. The van der Waals surface area contributed by atoms with Gasteiger partial charge in [0.25, 0.3) is 0 Å². The van der Waals surface area contributed by atoms with E-state index in [9.17, 15) is 45.9 Å². The first-order chi connectivity index (χ1) is 39.7. The summed E-state index contributed by atoms with van der Waals surface area (Å²) in [6, 6.07) is 39.4. The van der Waals surface area contributed by atoms with Gasteiger partial charge in [-0.1, -0.05) is 86.3 Å². The van der Waals surface area contributed by atoms with Crippen LogP contribution < -0.4 is 9.65 Å². The van der Waals surface area contributed by atoms with Crippen LogP contribution in [0.4, 0.5) is 13.2 Å². The minimum Gasteiger partial charge on any atom is -0.507 e. The Balaban J connectivity index is 0. The number of carboxylic acids is 1. The molecule has 86 heavy (non-hydrogen) atoms. The molecular formula is C55H58BBr2Cl2F3O21S2. The Morgan fingerprint density at radius 2 is 0.860 bits per heavy atom. The van der Waals surface area contributed by atoms with Crippen molar-refractivity contribution in [2.45, 2.75) is 26.8 Å². The molecular weight excluding hydrogens is 1360 g/mol. The molecule has 0 radical (unpaired) electrons. The molecule has 0 aromatic heterocycles. The summed E-state index contributed by atoms with van der Waals surface area (Å²) in [5.74, 6) is -2.82. The highest BCUT2D eigenvalue weighted by Gasteiger charge is 2.49. The molecule has 31 heteroatoms. The van der Waals surface area contributed by atoms with Crippen molar-refractivity contribution in [3.63, 3.8) is 0 Å². The molecule has 0 aliphatic rings. The molecule has 0 heterocycles. The van der Waals surface area contributed by atoms with Crippen LogP contribution in [0.3, 0.4) is 0 Å². The number of carboxylic acid groups (broad SMARTS) is 1. The fourth-order valence-corrected chi connectivity index (χ4v) is 7.22. The minimum absolute atomic E-state index is 0. The number of carbonyl (C=O) groups excluding carboxylic acids is 3. The van der Waals surface area contributed by atoms with Crippen LogP contribution in [0.2, 0.25) is 0 Å². The lowest BCUT2D eigenvalue weighted by Crippen LogP contribution is -2.29. The van der Waals surface area contributed by atoms with Crippen LogP contribution in [0.1, 0.15) is 60.0 Å². The molecule has 0 amide bonds. The van der Waals surface area contributed by atoms with E-state index in [1.807, 2.05) is 37.3 Å². The van der Waals surface area contributed by atoms with E-state index in [2.05, 4.69) is 50.3 Å². The van der Waals surface area contributed by atoms with Crippen LogP contribution in [0, 0.1) is 13.8 Å². The van der Waals surface area contributed by atoms with E-state index in [1.165, 1.54) is 62.8 Å². The van der Waals surface area contributed by atoms with E-state index in [0.29, 0.717) is 42.2 Å². The quantitative estimate of drug-likeness (QED) is 0.0123. The summed E-state index contributed by atoms with van der Waals surface area (Å²) in [5.41, 5.74) is -0.364. The zero-order valence-electron chi connectivity index (χ0n) is 45.1. The van der Waals surface area contributed by atoms with Crippen molar-refractivity contribution in [1.29, 1.82) is 0 Å². The maximum atomic E-state index is 12.6. The van der Waals surface area contributed by atoms with E-state index >= 15 is 0 Å². The number of methoxy groups -OCH3 is 3. The predicted molar refractivity (Wildman–Crippen MR) is 325 cm³/mol. The standard InChI is InChI=1S/C16H13F3O5S.C15H14O3.C8H7BrO3.C7H5BrO3.C6H7BO2.CH2Cl2.CH4O.CH4.H2O4S/c1-10-5-3-4-6-12(10)13-9-11(15(20)23-2)7-8-14(13)24-25(21,22)16(17,18)19;1-10-5-3-4-6-12(10)13-9-11(15(17)18-2)7-8-14(13)16;1-12-8(11)5-2-3-7(10)6(9)4-5;8-5-3-4(7(10)11)1-2-6(5)9;8-7(9)6-4-2-1-3-5-6;2-1-3;1-2;;1-5(2,3)4/h3-9H,1-2H3;3-9,16H,1-2H3;2-4,10H,1H3;1-3,9H,(H,10,11);1-5,8-9H;1H2;2H,1H3;1H4;(H2,1,2,3,4). The number of ether oxygens (including phenoxy) is 3. The van der Waals surface area contributed by atoms with Gasteiger partial charge in [-0.3, -0.25) is 9.11 Å². The number of benzene rings is 7. The van der Waals surface area contributed by atoms with Crippen LogP contribution in [0.5, 0.6) is 23.0 Å². The molecule has 0 bridgehead atoms. The van der Waals surface area contributed by atoms with E-state index in [-0.39, 0.29) is 46.7 Å². The second-order valence-corrected chi connectivity index (χ2v) is 20.5. The molecule has 0 spiro atoms. The summed E-state index contributed by atoms with van der Waals surface area (Å²) >= 11 is 15.6. The smallest absolute Gasteiger partial charge is 0.507 e. The van der Waals surface area contributed by atoms with Crippen LogP contribution in [-0.2, 0) is 34.7 Å². The molecule has 21 nitrogen and oxygen atoms in total. The number of aliphatic hydroxyl groups is 1. The van der Waals surface area contributed by atoms with Crippen molar-refractivity contribution in [2.24, 2.45) is 0 Å². The van der Waals surface area contributed by atoms with Crippen molar-refractivity contribution in [2.75, 3.05) is 33.8 Å². The summed E-state index contributed by atoms with van der Waals surface area (Å²) in [7, 11) is -7.07. The number of alkyl halides is 5. The first-order valence-electron chi connectivity index (χ1n) is 22.9. The van der Waals surface area contributed by atoms with Gasteiger partial charge in [-0.2, -0.15) is 30.0 Å². The maximum absolute atomic E-state index is 12.6. The average molecular weight is 1420 g/mol. The van der Waals surface area contributed by atoms with Crippen molar-refractivity contribution in [1.82, 2.24) is 0 Å². The Labute approximate surface area is 520 Å². The van der Waals surface area contributed by atoms with E-state index in [1.54, 1.807) is 67.6 Å². The predicted octanol–water partition coefficient (Wildman–Crippen LogP) is 11.0. The van der Waals surface area contributed by atoms with Gasteiger partial charge in [-0.25, -0.2) is 19.2 Å². The third-order valence-corrected chi connectivity index (χ3v) is 12.1. The molecule has 0 saturated carbocycles. The largest absolute Gasteiger partial charge is 0.534 e. The topological polar surface area (TPSA) is 356 Å². The second-order valence-electron chi connectivity index (χ2n) is 15.5. The number of phenolic OH excluding ortho intramolecular Hbond substituents is 3. The van der Waals surface area contributed by atoms with Crippen molar-refractivity contribution < 1.29 is 112 Å². The lowest BCUT2D eigenvalue weighted by Gasteiger charge is -2.15. The van der Waals surface area contributed by atoms with Gasteiger partial charge >= 0.3 is 57.0 Å². The number of esters is 3. The molecule has 7 aromatic carbocycles. The molecule has 0 saturated heterocycles. The van der Waals surface area contributed by atoms with Gasteiger partial charge in [-0.05, 0) is 146 Å². The monoisotopic (exact) mass is 1410 g/mol. The maximum Gasteiger partial charge on any atom is 0.534 e. The number of aromatic carboxylic acids is 1. The first-order valence-corrected chi connectivity index (χ1v) is 28.4. The number of hydrogen-bond donors (Lipinski definition) is 9. The number of aryl methyl sites for hydroxylation is 2. The average Bonchev–Trinajstić information content (AvgIpc) is 3.42. The number of aliphatic hydroxyl groups excluding tert-OH is 1. The number of rotatable bonds is 9. The number of aromatic hydroxyl groups is 3. The lowest BCUT2D eigenvalue weighted by molar-refractivity contribution is -0.0500. The summed E-state index contributed by atoms with van der Waals surface area (Å²) in [6.45, 7) is 3.64. The molecule has 0 fully saturated rings. The normalized spacial score (nSPS) is 10.0. The van der Waals surface area contributed by atoms with E-state index < -0.39 is 62.8 Å². The summed E-state index contributed by atoms with van der Waals surface area (Å²) in [4.78, 5) is 44.5. The Morgan fingerprint density at radius 1 is 0.535 bits per heavy atom. The van der Waals surface area contributed by atoms with Crippen LogP contribution >= 0.6 is 55.1 Å². The Kier molecular flexibility index (Phi) is 37.7. The first kappa shape index (κ1) is 80.8.